The van der Waals surface area contributed by atoms with Crippen LogP contribution in [0.1, 0.15) is 5.69 Å². The summed E-state index contributed by atoms with van der Waals surface area (Å²) in [7, 11) is 3.75. The maximum atomic E-state index is 12.0. The Hall–Kier alpha value is -2.63. The van der Waals surface area contributed by atoms with Gasteiger partial charge in [0, 0.05) is 26.0 Å². The second-order valence-electron chi connectivity index (χ2n) is 4.58. The van der Waals surface area contributed by atoms with Gasteiger partial charge in [0.1, 0.15) is 0 Å². The normalized spacial score (nSPS) is 10.1. The number of nitrogen functional groups attached to an aromatic ring is 1. The fraction of sp³-hybridized carbons (Fsp3) is 0.214. The molecule has 0 atom stereocenters. The van der Waals surface area contributed by atoms with E-state index in [1.807, 2.05) is 25.1 Å². The van der Waals surface area contributed by atoms with E-state index in [4.69, 9.17) is 5.73 Å². The van der Waals surface area contributed by atoms with E-state index in [2.05, 4.69) is 15.3 Å². The number of carbonyl (C=O) groups excluding carboxylic acids is 1. The summed E-state index contributed by atoms with van der Waals surface area (Å²) in [4.78, 5) is 22.2. The van der Waals surface area contributed by atoms with E-state index in [0.717, 1.165) is 0 Å². The van der Waals surface area contributed by atoms with Gasteiger partial charge in [0.15, 0.2) is 5.82 Å². The van der Waals surface area contributed by atoms with Crippen molar-refractivity contribution < 1.29 is 4.79 Å². The Morgan fingerprint density at radius 3 is 2.75 bits per heavy atom. The minimum Gasteiger partial charge on any atom is -0.397 e. The second kappa shape index (κ2) is 6.01. The lowest BCUT2D eigenvalue weighted by Crippen LogP contribution is -2.19. The monoisotopic (exact) mass is 271 g/mol. The molecule has 0 aliphatic carbocycles. The number of amides is 1. The van der Waals surface area contributed by atoms with E-state index in [9.17, 15) is 4.79 Å². The number of nitrogens with one attached hydrogen (secondary N) is 1. The number of aromatic nitrogens is 2. The Morgan fingerprint density at radius 1 is 1.30 bits per heavy atom. The first kappa shape index (κ1) is 13.8. The van der Waals surface area contributed by atoms with Gasteiger partial charge >= 0.3 is 0 Å². The molecule has 0 unspecified atom stereocenters. The smallest absolute Gasteiger partial charge is 0.230 e. The summed E-state index contributed by atoms with van der Waals surface area (Å²) in [6.07, 6.45) is 3.42. The zero-order valence-electron chi connectivity index (χ0n) is 11.5. The molecule has 0 aliphatic heterocycles. The lowest BCUT2D eigenvalue weighted by molar-refractivity contribution is -0.115. The molecule has 2 aromatic heterocycles. The second-order valence-corrected chi connectivity index (χ2v) is 4.58. The molecular formula is C14H17N5O. The minimum absolute atomic E-state index is 0.140. The van der Waals surface area contributed by atoms with E-state index in [1.165, 1.54) is 6.20 Å². The molecule has 0 spiro atoms. The van der Waals surface area contributed by atoms with Gasteiger partial charge < -0.3 is 16.0 Å². The van der Waals surface area contributed by atoms with E-state index < -0.39 is 0 Å². The number of anilines is 3. The number of nitrogens with zero attached hydrogens (tertiary/aromatic N) is 3. The number of carbonyl (C=O) groups is 1. The third-order valence-electron chi connectivity index (χ3n) is 2.67. The number of pyridine rings is 2. The van der Waals surface area contributed by atoms with Crippen LogP contribution in [0.15, 0.2) is 36.7 Å². The number of rotatable bonds is 4. The average Bonchev–Trinajstić information content (AvgIpc) is 2.41. The van der Waals surface area contributed by atoms with Gasteiger partial charge in [-0.1, -0.05) is 0 Å². The van der Waals surface area contributed by atoms with E-state index in [1.54, 1.807) is 24.4 Å². The predicted molar refractivity (Wildman–Crippen MR) is 79.5 cm³/mol. The van der Waals surface area contributed by atoms with Crippen LogP contribution in [0, 0.1) is 0 Å². The van der Waals surface area contributed by atoms with Crippen LogP contribution in [-0.4, -0.2) is 30.0 Å². The standard InChI is InChI=1S/C14H17N5O/c1-19(2)14-12(4-3-7-16-14)18-13(20)8-11-6-5-10(15)9-17-11/h3-7,9H,8,15H2,1-2H3,(H,18,20). The van der Waals surface area contributed by atoms with Crippen LogP contribution in [-0.2, 0) is 11.2 Å². The molecule has 0 fully saturated rings. The van der Waals surface area contributed by atoms with Crippen molar-refractivity contribution >= 4 is 23.1 Å². The summed E-state index contributed by atoms with van der Waals surface area (Å²) in [5.41, 5.74) is 7.49. The highest BCUT2D eigenvalue weighted by molar-refractivity contribution is 5.94. The summed E-state index contributed by atoms with van der Waals surface area (Å²) in [5, 5.41) is 2.84. The SMILES string of the molecule is CN(C)c1ncccc1NC(=O)Cc1ccc(N)cn1. The molecule has 2 aromatic rings. The fourth-order valence-electron chi connectivity index (χ4n) is 1.75. The molecule has 104 valence electrons. The maximum absolute atomic E-state index is 12.0. The van der Waals surface area contributed by atoms with Gasteiger partial charge in [0.2, 0.25) is 5.91 Å². The van der Waals surface area contributed by atoms with Crippen molar-refractivity contribution in [2.45, 2.75) is 6.42 Å². The van der Waals surface area contributed by atoms with Gasteiger partial charge in [-0.3, -0.25) is 9.78 Å². The number of nitrogens with two attached hydrogens (primary N) is 1. The molecular weight excluding hydrogens is 254 g/mol. The summed E-state index contributed by atoms with van der Waals surface area (Å²) >= 11 is 0. The molecule has 0 bridgehead atoms. The molecule has 0 saturated heterocycles. The molecule has 0 aromatic carbocycles. The van der Waals surface area contributed by atoms with E-state index >= 15 is 0 Å². The topological polar surface area (TPSA) is 84.1 Å². The quantitative estimate of drug-likeness (QED) is 0.875. The maximum Gasteiger partial charge on any atom is 0.230 e. The molecule has 20 heavy (non-hydrogen) atoms. The average molecular weight is 271 g/mol. The lowest BCUT2D eigenvalue weighted by Gasteiger charge is -2.16. The summed E-state index contributed by atoms with van der Waals surface area (Å²) < 4.78 is 0. The van der Waals surface area contributed by atoms with Crippen molar-refractivity contribution in [1.29, 1.82) is 0 Å². The first-order valence-corrected chi connectivity index (χ1v) is 6.19. The summed E-state index contributed by atoms with van der Waals surface area (Å²) in [6.45, 7) is 0. The van der Waals surface area contributed by atoms with Crippen molar-refractivity contribution in [3.05, 3.63) is 42.4 Å². The Bertz CT molecular complexity index is 595. The van der Waals surface area contributed by atoms with Crippen molar-refractivity contribution in [3.63, 3.8) is 0 Å². The summed E-state index contributed by atoms with van der Waals surface area (Å²) in [6, 6.07) is 7.07. The lowest BCUT2D eigenvalue weighted by atomic mass is 10.2. The molecule has 1 amide bonds. The highest BCUT2D eigenvalue weighted by atomic mass is 16.1. The van der Waals surface area contributed by atoms with Crippen molar-refractivity contribution in [2.24, 2.45) is 0 Å². The largest absolute Gasteiger partial charge is 0.397 e. The molecule has 3 N–H and O–H groups in total. The van der Waals surface area contributed by atoms with Crippen LogP contribution in [0.2, 0.25) is 0 Å². The van der Waals surface area contributed by atoms with Crippen LogP contribution in [0.4, 0.5) is 17.2 Å². The van der Waals surface area contributed by atoms with Crippen LogP contribution in [0.5, 0.6) is 0 Å². The predicted octanol–water partition coefficient (Wildman–Crippen LogP) is 1.31. The van der Waals surface area contributed by atoms with Gasteiger partial charge in [-0.05, 0) is 24.3 Å². The van der Waals surface area contributed by atoms with Crippen molar-refractivity contribution in [1.82, 2.24) is 9.97 Å². The Kier molecular flexibility index (Phi) is 4.14. The van der Waals surface area contributed by atoms with Crippen LogP contribution >= 0.6 is 0 Å². The van der Waals surface area contributed by atoms with Gasteiger partial charge in [-0.25, -0.2) is 4.98 Å². The van der Waals surface area contributed by atoms with Crippen LogP contribution < -0.4 is 16.0 Å². The molecule has 0 saturated carbocycles. The molecule has 0 aliphatic rings. The molecule has 0 radical (unpaired) electrons. The van der Waals surface area contributed by atoms with Gasteiger partial charge in [-0.2, -0.15) is 0 Å². The number of hydrogen-bond donors (Lipinski definition) is 2. The Morgan fingerprint density at radius 2 is 2.10 bits per heavy atom. The van der Waals surface area contributed by atoms with Gasteiger partial charge in [-0.15, -0.1) is 0 Å². The van der Waals surface area contributed by atoms with E-state index in [0.29, 0.717) is 22.9 Å². The molecule has 2 heterocycles. The van der Waals surface area contributed by atoms with Crippen LogP contribution in [0.25, 0.3) is 0 Å². The van der Waals surface area contributed by atoms with Gasteiger partial charge in [0.05, 0.1) is 24.0 Å². The minimum atomic E-state index is -0.140. The molecule has 6 nitrogen and oxygen atoms in total. The summed E-state index contributed by atoms with van der Waals surface area (Å²) in [5.74, 6) is 0.574. The highest BCUT2D eigenvalue weighted by Gasteiger charge is 2.10. The Labute approximate surface area is 117 Å². The third kappa shape index (κ3) is 3.44. The highest BCUT2D eigenvalue weighted by Crippen LogP contribution is 2.20. The fourth-order valence-corrected chi connectivity index (χ4v) is 1.75. The molecule has 6 heteroatoms. The Balaban J connectivity index is 2.07. The zero-order valence-corrected chi connectivity index (χ0v) is 11.5. The van der Waals surface area contributed by atoms with Crippen molar-refractivity contribution in [3.8, 4) is 0 Å². The first-order valence-electron chi connectivity index (χ1n) is 6.19. The van der Waals surface area contributed by atoms with Crippen molar-refractivity contribution in [2.75, 3.05) is 30.0 Å². The third-order valence-corrected chi connectivity index (χ3v) is 2.67. The van der Waals surface area contributed by atoms with Crippen LogP contribution in [0.3, 0.4) is 0 Å². The first-order chi connectivity index (χ1) is 9.56. The zero-order chi connectivity index (χ0) is 14.5. The number of hydrogen-bond acceptors (Lipinski definition) is 5. The molecule has 2 rings (SSSR count). The van der Waals surface area contributed by atoms with E-state index in [-0.39, 0.29) is 12.3 Å². The van der Waals surface area contributed by atoms with Gasteiger partial charge in [0.25, 0.3) is 0 Å².